The Morgan fingerprint density at radius 2 is 2.24 bits per heavy atom. The summed E-state index contributed by atoms with van der Waals surface area (Å²) < 4.78 is 2.13. The lowest BCUT2D eigenvalue weighted by Gasteiger charge is -2.36. The Morgan fingerprint density at radius 3 is 3.06 bits per heavy atom. The first-order chi connectivity index (χ1) is 8.24. The molecule has 0 spiro atoms. The van der Waals surface area contributed by atoms with Crippen molar-refractivity contribution in [1.82, 2.24) is 9.38 Å². The lowest BCUT2D eigenvalue weighted by molar-refractivity contribution is 0.399. The number of hydrogen-bond acceptors (Lipinski definition) is 3. The molecule has 2 atom stereocenters. The number of nitrogens with zero attached hydrogens (tertiary/aromatic N) is 3. The lowest BCUT2D eigenvalue weighted by atomic mass is 9.96. The van der Waals surface area contributed by atoms with Gasteiger partial charge in [0.25, 0.3) is 0 Å². The summed E-state index contributed by atoms with van der Waals surface area (Å²) in [6.45, 7) is 4.27. The molecule has 0 bridgehead atoms. The predicted molar refractivity (Wildman–Crippen MR) is 69.2 cm³/mol. The van der Waals surface area contributed by atoms with Crippen molar-refractivity contribution < 1.29 is 0 Å². The van der Waals surface area contributed by atoms with E-state index < -0.39 is 0 Å². The first-order valence-electron chi connectivity index (χ1n) is 6.16. The molecule has 2 aromatic heterocycles. The Hall–Kier alpha value is -1.55. The highest BCUT2D eigenvalue weighted by Gasteiger charge is 2.23. The molecule has 3 rings (SSSR count). The lowest BCUT2D eigenvalue weighted by Crippen LogP contribution is -2.47. The van der Waals surface area contributed by atoms with Gasteiger partial charge in [-0.05, 0) is 24.5 Å². The van der Waals surface area contributed by atoms with Crippen LogP contribution in [0, 0.1) is 5.92 Å². The molecule has 2 aromatic rings. The molecule has 0 radical (unpaired) electrons. The van der Waals surface area contributed by atoms with Crippen LogP contribution in [0.5, 0.6) is 0 Å². The minimum Gasteiger partial charge on any atom is -0.356 e. The minimum absolute atomic E-state index is 0.275. The van der Waals surface area contributed by atoms with Crippen LogP contribution in [0.2, 0.25) is 0 Å². The highest BCUT2D eigenvalue weighted by molar-refractivity contribution is 5.51. The van der Waals surface area contributed by atoms with Crippen LogP contribution in [0.1, 0.15) is 13.3 Å². The van der Waals surface area contributed by atoms with Crippen molar-refractivity contribution >= 4 is 11.5 Å². The zero-order valence-corrected chi connectivity index (χ0v) is 10.1. The summed E-state index contributed by atoms with van der Waals surface area (Å²) in [5, 5.41) is 0. The van der Waals surface area contributed by atoms with Crippen LogP contribution in [0.25, 0.3) is 5.65 Å². The van der Waals surface area contributed by atoms with E-state index in [9.17, 15) is 0 Å². The van der Waals surface area contributed by atoms with Crippen molar-refractivity contribution in [3.63, 3.8) is 0 Å². The summed E-state index contributed by atoms with van der Waals surface area (Å²) in [4.78, 5) is 6.69. The van der Waals surface area contributed by atoms with E-state index >= 15 is 0 Å². The molecule has 1 fully saturated rings. The predicted octanol–water partition coefficient (Wildman–Crippen LogP) is 1.51. The number of imidazole rings is 1. The van der Waals surface area contributed by atoms with Crippen molar-refractivity contribution in [3.05, 3.63) is 30.6 Å². The quantitative estimate of drug-likeness (QED) is 0.807. The van der Waals surface area contributed by atoms with E-state index in [1.54, 1.807) is 0 Å². The van der Waals surface area contributed by atoms with Gasteiger partial charge in [0.2, 0.25) is 0 Å². The van der Waals surface area contributed by atoms with Gasteiger partial charge in [-0.2, -0.15) is 0 Å². The highest BCUT2D eigenvalue weighted by Crippen LogP contribution is 2.23. The number of hydrogen-bond donors (Lipinski definition) is 1. The average Bonchev–Trinajstić information content (AvgIpc) is 2.75. The van der Waals surface area contributed by atoms with Gasteiger partial charge >= 0.3 is 0 Å². The fraction of sp³-hybridized carbons (Fsp3) is 0.462. The van der Waals surface area contributed by atoms with Gasteiger partial charge in [-0.1, -0.05) is 13.0 Å². The van der Waals surface area contributed by atoms with Crippen molar-refractivity contribution in [2.45, 2.75) is 19.4 Å². The molecule has 0 saturated carbocycles. The first-order valence-corrected chi connectivity index (χ1v) is 6.16. The fourth-order valence-corrected chi connectivity index (χ4v) is 2.78. The van der Waals surface area contributed by atoms with Gasteiger partial charge in [-0.25, -0.2) is 4.98 Å². The van der Waals surface area contributed by atoms with Gasteiger partial charge in [-0.15, -0.1) is 0 Å². The zero-order valence-electron chi connectivity index (χ0n) is 10.1. The third-order valence-corrected chi connectivity index (χ3v) is 3.42. The van der Waals surface area contributed by atoms with E-state index in [1.807, 2.05) is 18.5 Å². The van der Waals surface area contributed by atoms with Crippen molar-refractivity contribution in [2.24, 2.45) is 11.7 Å². The molecule has 0 aromatic carbocycles. The fourth-order valence-electron chi connectivity index (χ4n) is 2.78. The molecule has 0 aliphatic carbocycles. The Morgan fingerprint density at radius 1 is 1.35 bits per heavy atom. The summed E-state index contributed by atoms with van der Waals surface area (Å²) in [5.41, 5.74) is 7.10. The Kier molecular flexibility index (Phi) is 2.52. The minimum atomic E-state index is 0.275. The van der Waals surface area contributed by atoms with E-state index in [4.69, 9.17) is 5.73 Å². The molecule has 1 saturated heterocycles. The van der Waals surface area contributed by atoms with Crippen LogP contribution in [0.4, 0.5) is 5.82 Å². The summed E-state index contributed by atoms with van der Waals surface area (Å²) in [5.74, 6) is 1.85. The van der Waals surface area contributed by atoms with Crippen LogP contribution in [-0.2, 0) is 0 Å². The number of anilines is 1. The normalized spacial score (nSPS) is 25.4. The van der Waals surface area contributed by atoms with E-state index in [1.165, 1.54) is 5.82 Å². The Bertz CT molecular complexity index is 509. The van der Waals surface area contributed by atoms with Gasteiger partial charge in [-0.3, -0.25) is 4.40 Å². The smallest absolute Gasteiger partial charge is 0.138 e. The average molecular weight is 230 g/mol. The molecule has 4 heteroatoms. The number of fused-ring (bicyclic) bond motifs is 1. The summed E-state index contributed by atoms with van der Waals surface area (Å²) >= 11 is 0. The van der Waals surface area contributed by atoms with Crippen molar-refractivity contribution in [1.29, 1.82) is 0 Å². The topological polar surface area (TPSA) is 46.6 Å². The third kappa shape index (κ3) is 1.89. The maximum absolute atomic E-state index is 6.11. The van der Waals surface area contributed by atoms with Crippen molar-refractivity contribution in [2.75, 3.05) is 18.0 Å². The zero-order chi connectivity index (χ0) is 11.8. The standard InChI is InChI=1S/C13H18N4/c1-10-7-11(14)9-16(8-10)13-4-2-3-12-15-5-6-17(12)13/h2-6,10-11H,7-9,14H2,1H3. The van der Waals surface area contributed by atoms with Crippen LogP contribution >= 0.6 is 0 Å². The second-order valence-corrected chi connectivity index (χ2v) is 5.05. The van der Waals surface area contributed by atoms with E-state index in [2.05, 4.69) is 33.3 Å². The van der Waals surface area contributed by atoms with Crippen LogP contribution in [0.3, 0.4) is 0 Å². The largest absolute Gasteiger partial charge is 0.356 e. The van der Waals surface area contributed by atoms with Gasteiger partial charge in [0, 0.05) is 31.5 Å². The molecular weight excluding hydrogens is 212 g/mol. The molecular formula is C13H18N4. The van der Waals surface area contributed by atoms with Crippen LogP contribution < -0.4 is 10.6 Å². The maximum Gasteiger partial charge on any atom is 0.138 e. The second kappa shape index (κ2) is 4.04. The number of aromatic nitrogens is 2. The highest BCUT2D eigenvalue weighted by atomic mass is 15.2. The maximum atomic E-state index is 6.11. The van der Waals surface area contributed by atoms with Crippen LogP contribution in [0.15, 0.2) is 30.6 Å². The molecule has 2 N–H and O–H groups in total. The van der Waals surface area contributed by atoms with Crippen LogP contribution in [-0.4, -0.2) is 28.5 Å². The molecule has 3 heterocycles. The van der Waals surface area contributed by atoms with E-state index in [0.717, 1.165) is 25.2 Å². The summed E-state index contributed by atoms with van der Waals surface area (Å²) in [6.07, 6.45) is 4.97. The molecule has 1 aliphatic rings. The molecule has 4 nitrogen and oxygen atoms in total. The molecule has 1 aliphatic heterocycles. The summed E-state index contributed by atoms with van der Waals surface area (Å²) in [7, 11) is 0. The molecule has 17 heavy (non-hydrogen) atoms. The number of nitrogens with two attached hydrogens (primary N) is 1. The van der Waals surface area contributed by atoms with E-state index in [-0.39, 0.29) is 6.04 Å². The van der Waals surface area contributed by atoms with Crippen molar-refractivity contribution in [3.8, 4) is 0 Å². The molecule has 90 valence electrons. The van der Waals surface area contributed by atoms with Gasteiger partial charge < -0.3 is 10.6 Å². The number of rotatable bonds is 1. The summed E-state index contributed by atoms with van der Waals surface area (Å²) in [6, 6.07) is 6.50. The number of piperidine rings is 1. The van der Waals surface area contributed by atoms with Gasteiger partial charge in [0.05, 0.1) is 0 Å². The SMILES string of the molecule is CC1CC(N)CN(c2cccc3nccn23)C1. The molecule has 2 unspecified atom stereocenters. The van der Waals surface area contributed by atoms with Gasteiger partial charge in [0.1, 0.15) is 11.5 Å². The second-order valence-electron chi connectivity index (χ2n) is 5.05. The third-order valence-electron chi connectivity index (χ3n) is 3.42. The first kappa shape index (κ1) is 10.6. The number of pyridine rings is 1. The monoisotopic (exact) mass is 230 g/mol. The Balaban J connectivity index is 2.00. The molecule has 0 amide bonds. The van der Waals surface area contributed by atoms with Gasteiger partial charge in [0.15, 0.2) is 0 Å². The van der Waals surface area contributed by atoms with E-state index in [0.29, 0.717) is 5.92 Å². The Labute approximate surface area is 101 Å².